The predicted molar refractivity (Wildman–Crippen MR) is 88.5 cm³/mol. The van der Waals surface area contributed by atoms with Gasteiger partial charge in [0.2, 0.25) is 5.91 Å². The van der Waals surface area contributed by atoms with Gasteiger partial charge >= 0.3 is 0 Å². The Bertz CT molecular complexity index is 320. The monoisotopic (exact) mass is 296 g/mol. The summed E-state index contributed by atoms with van der Waals surface area (Å²) in [5.74, 6) is 1.61. The Morgan fingerprint density at radius 3 is 2.43 bits per heavy atom. The third kappa shape index (κ3) is 7.34. The van der Waals surface area contributed by atoms with Gasteiger partial charge in [-0.15, -0.1) is 0 Å². The van der Waals surface area contributed by atoms with Gasteiger partial charge in [-0.2, -0.15) is 0 Å². The van der Waals surface area contributed by atoms with E-state index in [9.17, 15) is 4.79 Å². The molecule has 0 radical (unpaired) electrons. The average Bonchev–Trinajstić information content (AvgIpc) is 2.99. The molecule has 0 bridgehead atoms. The molecule has 0 aromatic rings. The first-order valence-electron chi connectivity index (χ1n) is 8.43. The van der Waals surface area contributed by atoms with Crippen molar-refractivity contribution in [3.63, 3.8) is 0 Å². The van der Waals surface area contributed by atoms with Crippen LogP contribution in [-0.2, 0) is 4.79 Å². The largest absolute Gasteiger partial charge is 0.356 e. The van der Waals surface area contributed by atoms with Gasteiger partial charge in [-0.1, -0.05) is 39.5 Å². The van der Waals surface area contributed by atoms with E-state index in [4.69, 9.17) is 0 Å². The number of hydrogen-bond donors (Lipinski definition) is 3. The SMILES string of the molecule is CCC(CC)CNC(=NC)NCCC(=O)NC1CCCC1. The molecular formula is C16H32N4O. The summed E-state index contributed by atoms with van der Waals surface area (Å²) >= 11 is 0. The Hall–Kier alpha value is -1.26. The average molecular weight is 296 g/mol. The summed E-state index contributed by atoms with van der Waals surface area (Å²) in [6.07, 6.45) is 7.61. The van der Waals surface area contributed by atoms with Crippen LogP contribution in [0.15, 0.2) is 4.99 Å². The van der Waals surface area contributed by atoms with Crippen molar-refractivity contribution in [3.05, 3.63) is 0 Å². The minimum Gasteiger partial charge on any atom is -0.356 e. The molecule has 0 aliphatic heterocycles. The first-order chi connectivity index (χ1) is 10.2. The highest BCUT2D eigenvalue weighted by molar-refractivity contribution is 5.81. The zero-order valence-corrected chi connectivity index (χ0v) is 13.9. The Morgan fingerprint density at radius 2 is 1.86 bits per heavy atom. The molecule has 0 unspecified atom stereocenters. The smallest absolute Gasteiger partial charge is 0.221 e. The Kier molecular flexibility index (Phi) is 8.87. The second kappa shape index (κ2) is 10.5. The van der Waals surface area contributed by atoms with Gasteiger partial charge < -0.3 is 16.0 Å². The lowest BCUT2D eigenvalue weighted by Crippen LogP contribution is -2.41. The molecule has 1 amide bonds. The Balaban J connectivity index is 2.15. The number of hydrogen-bond acceptors (Lipinski definition) is 2. The van der Waals surface area contributed by atoms with Crippen LogP contribution in [0.2, 0.25) is 0 Å². The predicted octanol–water partition coefficient (Wildman–Crippen LogP) is 2.04. The third-order valence-corrected chi connectivity index (χ3v) is 4.30. The van der Waals surface area contributed by atoms with Crippen molar-refractivity contribution in [3.8, 4) is 0 Å². The van der Waals surface area contributed by atoms with E-state index in [0.717, 1.165) is 25.3 Å². The van der Waals surface area contributed by atoms with Crippen LogP contribution in [0.3, 0.4) is 0 Å². The van der Waals surface area contributed by atoms with Gasteiger partial charge in [0.15, 0.2) is 5.96 Å². The Morgan fingerprint density at radius 1 is 1.19 bits per heavy atom. The van der Waals surface area contributed by atoms with Gasteiger partial charge in [0, 0.05) is 32.6 Å². The molecule has 0 atom stereocenters. The van der Waals surface area contributed by atoms with Crippen LogP contribution in [0.5, 0.6) is 0 Å². The lowest BCUT2D eigenvalue weighted by Gasteiger charge is -2.17. The highest BCUT2D eigenvalue weighted by atomic mass is 16.1. The highest BCUT2D eigenvalue weighted by Gasteiger charge is 2.16. The van der Waals surface area contributed by atoms with Crippen LogP contribution < -0.4 is 16.0 Å². The highest BCUT2D eigenvalue weighted by Crippen LogP contribution is 2.17. The van der Waals surface area contributed by atoms with Crippen LogP contribution in [0, 0.1) is 5.92 Å². The van der Waals surface area contributed by atoms with Crippen molar-refractivity contribution < 1.29 is 4.79 Å². The molecule has 1 aliphatic rings. The van der Waals surface area contributed by atoms with Crippen LogP contribution >= 0.6 is 0 Å². The van der Waals surface area contributed by atoms with Crippen LogP contribution in [0.1, 0.15) is 58.8 Å². The molecule has 1 saturated carbocycles. The lowest BCUT2D eigenvalue weighted by molar-refractivity contribution is -0.121. The number of carbonyl (C=O) groups is 1. The van der Waals surface area contributed by atoms with E-state index in [1.807, 2.05) is 0 Å². The van der Waals surface area contributed by atoms with Gasteiger partial charge in [-0.05, 0) is 18.8 Å². The molecule has 122 valence electrons. The molecule has 1 aliphatic carbocycles. The minimum absolute atomic E-state index is 0.143. The summed E-state index contributed by atoms with van der Waals surface area (Å²) in [7, 11) is 1.76. The molecule has 0 saturated heterocycles. The molecule has 0 heterocycles. The van der Waals surface area contributed by atoms with E-state index < -0.39 is 0 Å². The maximum atomic E-state index is 11.8. The maximum Gasteiger partial charge on any atom is 0.221 e. The van der Waals surface area contributed by atoms with Crippen molar-refractivity contribution in [1.82, 2.24) is 16.0 Å². The van der Waals surface area contributed by atoms with E-state index in [0.29, 0.717) is 24.9 Å². The summed E-state index contributed by atoms with van der Waals surface area (Å²) in [5, 5.41) is 9.63. The maximum absolute atomic E-state index is 11.8. The number of nitrogens with one attached hydrogen (secondary N) is 3. The second-order valence-corrected chi connectivity index (χ2v) is 5.86. The molecule has 5 nitrogen and oxygen atoms in total. The van der Waals surface area contributed by atoms with Crippen molar-refractivity contribution in [2.24, 2.45) is 10.9 Å². The summed E-state index contributed by atoms with van der Waals surface area (Å²) in [5.41, 5.74) is 0. The van der Waals surface area contributed by atoms with E-state index in [1.165, 1.54) is 25.7 Å². The molecule has 0 spiro atoms. The fourth-order valence-electron chi connectivity index (χ4n) is 2.70. The number of guanidine groups is 1. The summed E-state index contributed by atoms with van der Waals surface area (Å²) in [6, 6.07) is 0.407. The molecule has 1 fully saturated rings. The van der Waals surface area contributed by atoms with Crippen LogP contribution in [0.25, 0.3) is 0 Å². The number of carbonyl (C=O) groups excluding carboxylic acids is 1. The fraction of sp³-hybridized carbons (Fsp3) is 0.875. The summed E-state index contributed by atoms with van der Waals surface area (Å²) in [4.78, 5) is 16.0. The second-order valence-electron chi connectivity index (χ2n) is 5.86. The molecule has 21 heavy (non-hydrogen) atoms. The lowest BCUT2D eigenvalue weighted by atomic mass is 10.0. The molecule has 3 N–H and O–H groups in total. The minimum atomic E-state index is 0.143. The van der Waals surface area contributed by atoms with Crippen molar-refractivity contribution in [2.75, 3.05) is 20.1 Å². The zero-order valence-electron chi connectivity index (χ0n) is 13.9. The van der Waals surface area contributed by atoms with Gasteiger partial charge in [0.25, 0.3) is 0 Å². The van der Waals surface area contributed by atoms with E-state index in [1.54, 1.807) is 7.05 Å². The standard InChI is InChI=1S/C16H32N4O/c1-4-13(5-2)12-19-16(17-3)18-11-10-15(21)20-14-8-6-7-9-14/h13-14H,4-12H2,1-3H3,(H,20,21)(H2,17,18,19). The third-order valence-electron chi connectivity index (χ3n) is 4.30. The van der Waals surface area contributed by atoms with Gasteiger partial charge in [-0.25, -0.2) is 0 Å². The van der Waals surface area contributed by atoms with Crippen molar-refractivity contribution >= 4 is 11.9 Å². The molecule has 0 aromatic heterocycles. The van der Waals surface area contributed by atoms with E-state index in [2.05, 4.69) is 34.8 Å². The quantitative estimate of drug-likeness (QED) is 0.474. The summed E-state index contributed by atoms with van der Waals surface area (Å²) in [6.45, 7) is 5.97. The number of amides is 1. The van der Waals surface area contributed by atoms with Crippen LogP contribution in [0.4, 0.5) is 0 Å². The van der Waals surface area contributed by atoms with Gasteiger partial charge in [0.1, 0.15) is 0 Å². The summed E-state index contributed by atoms with van der Waals surface area (Å²) < 4.78 is 0. The topological polar surface area (TPSA) is 65.5 Å². The van der Waals surface area contributed by atoms with E-state index in [-0.39, 0.29) is 5.91 Å². The van der Waals surface area contributed by atoms with Crippen LogP contribution in [-0.4, -0.2) is 38.0 Å². The Labute approximate surface area is 129 Å². The van der Waals surface area contributed by atoms with Gasteiger partial charge in [0.05, 0.1) is 0 Å². The normalized spacial score (nSPS) is 16.3. The molecule has 5 heteroatoms. The zero-order chi connectivity index (χ0) is 15.5. The number of rotatable bonds is 8. The first-order valence-corrected chi connectivity index (χ1v) is 8.43. The number of aliphatic imine (C=N–C) groups is 1. The molecule has 1 rings (SSSR count). The first kappa shape index (κ1) is 17.8. The number of nitrogens with zero attached hydrogens (tertiary/aromatic N) is 1. The van der Waals surface area contributed by atoms with E-state index >= 15 is 0 Å². The molecule has 0 aromatic carbocycles. The van der Waals surface area contributed by atoms with Gasteiger partial charge in [-0.3, -0.25) is 9.79 Å². The van der Waals surface area contributed by atoms with Crippen molar-refractivity contribution in [1.29, 1.82) is 0 Å². The molecular weight excluding hydrogens is 264 g/mol. The fourth-order valence-corrected chi connectivity index (χ4v) is 2.70. The van der Waals surface area contributed by atoms with Crippen molar-refractivity contribution in [2.45, 2.75) is 64.8 Å².